The molecule has 0 spiro atoms. The van der Waals surface area contributed by atoms with Crippen molar-refractivity contribution in [3.05, 3.63) is 53.6 Å². The molecule has 6 nitrogen and oxygen atoms in total. The first-order chi connectivity index (χ1) is 13.1. The van der Waals surface area contributed by atoms with E-state index in [-0.39, 0.29) is 17.2 Å². The van der Waals surface area contributed by atoms with Crippen molar-refractivity contribution >= 4 is 11.8 Å². The Balaban J connectivity index is 1.32. The zero-order valence-electron chi connectivity index (χ0n) is 15.4. The molecule has 2 heterocycles. The number of amides is 2. The van der Waals surface area contributed by atoms with Gasteiger partial charge in [-0.05, 0) is 37.2 Å². The lowest BCUT2D eigenvalue weighted by atomic mass is 9.44. The number of rotatable bonds is 4. The summed E-state index contributed by atoms with van der Waals surface area (Å²) >= 11 is 0. The largest absolute Gasteiger partial charge is 0.347 e. The van der Waals surface area contributed by atoms with E-state index in [1.165, 1.54) is 0 Å². The molecule has 140 valence electrons. The number of aromatic nitrogens is 2. The third-order valence-electron chi connectivity index (χ3n) is 6.40. The van der Waals surface area contributed by atoms with Crippen LogP contribution in [0.5, 0.6) is 0 Å². The minimum Gasteiger partial charge on any atom is -0.347 e. The smallest absolute Gasteiger partial charge is 0.272 e. The molecule has 3 aliphatic carbocycles. The van der Waals surface area contributed by atoms with Crippen LogP contribution in [0, 0.1) is 11.3 Å². The molecular formula is C21H24N4O2. The zero-order valence-corrected chi connectivity index (χ0v) is 15.4. The van der Waals surface area contributed by atoms with Gasteiger partial charge in [0, 0.05) is 19.6 Å². The Hall–Kier alpha value is -2.63. The normalized spacial score (nSPS) is 25.6. The summed E-state index contributed by atoms with van der Waals surface area (Å²) in [5.41, 5.74) is 2.29. The number of nitrogens with one attached hydrogen (secondary N) is 1. The van der Waals surface area contributed by atoms with Crippen LogP contribution in [-0.4, -0.2) is 32.8 Å². The van der Waals surface area contributed by atoms with Crippen molar-refractivity contribution in [2.75, 3.05) is 6.54 Å². The number of hydrogen-bond donors (Lipinski definition) is 1. The molecule has 2 aromatic rings. The van der Waals surface area contributed by atoms with Crippen LogP contribution in [0.4, 0.5) is 0 Å². The van der Waals surface area contributed by atoms with Crippen molar-refractivity contribution in [3.8, 4) is 0 Å². The summed E-state index contributed by atoms with van der Waals surface area (Å²) in [5.74, 6) is 0.897. The maximum atomic E-state index is 13.0. The minimum atomic E-state index is -0.174. The van der Waals surface area contributed by atoms with Crippen LogP contribution in [0.2, 0.25) is 0 Å². The number of benzene rings is 1. The summed E-state index contributed by atoms with van der Waals surface area (Å²) in [4.78, 5) is 32.1. The number of carbonyl (C=O) groups is 2. The van der Waals surface area contributed by atoms with Gasteiger partial charge in [-0.3, -0.25) is 9.59 Å². The Morgan fingerprint density at radius 2 is 1.93 bits per heavy atom. The Bertz CT molecular complexity index is 872. The van der Waals surface area contributed by atoms with Gasteiger partial charge in [0.15, 0.2) is 5.69 Å². The fraction of sp³-hybridized carbons (Fsp3) is 0.476. The number of nitrogens with zero attached hydrogens (tertiary/aromatic N) is 3. The van der Waals surface area contributed by atoms with Crippen LogP contribution in [0.25, 0.3) is 0 Å². The van der Waals surface area contributed by atoms with Crippen LogP contribution >= 0.6 is 0 Å². The van der Waals surface area contributed by atoms with Gasteiger partial charge in [0.1, 0.15) is 0 Å². The molecule has 3 fully saturated rings. The van der Waals surface area contributed by atoms with Gasteiger partial charge < -0.3 is 14.8 Å². The summed E-state index contributed by atoms with van der Waals surface area (Å²) in [6.07, 6.45) is 5.82. The van der Waals surface area contributed by atoms with Crippen LogP contribution in [0.15, 0.2) is 36.7 Å². The average molecular weight is 364 g/mol. The average Bonchev–Trinajstić information content (AvgIpc) is 2.87. The molecule has 1 aromatic heterocycles. The Morgan fingerprint density at radius 1 is 1.15 bits per heavy atom. The lowest BCUT2D eigenvalue weighted by Crippen LogP contribution is -2.61. The molecule has 4 aliphatic rings. The van der Waals surface area contributed by atoms with Crippen LogP contribution < -0.4 is 5.32 Å². The monoisotopic (exact) mass is 364 g/mol. The molecule has 2 bridgehead atoms. The summed E-state index contributed by atoms with van der Waals surface area (Å²) in [6, 6.07) is 9.84. The standard InChI is InChI=1S/C21H24N4O2/c26-19(22-12-15-5-2-1-3-6-15)18-17-13-24(7-4-8-25(17)14-23-18)20(27)21-9-16(10-21)11-21/h1-3,5-6,14,16H,4,7-13H2,(H,22,26). The quantitative estimate of drug-likeness (QED) is 0.906. The van der Waals surface area contributed by atoms with E-state index in [4.69, 9.17) is 0 Å². The van der Waals surface area contributed by atoms with E-state index in [1.54, 1.807) is 6.33 Å². The molecule has 1 aromatic carbocycles. The van der Waals surface area contributed by atoms with Gasteiger partial charge in [0.05, 0.1) is 24.0 Å². The highest BCUT2D eigenvalue weighted by Crippen LogP contribution is 2.65. The topological polar surface area (TPSA) is 67.2 Å². The number of fused-ring (bicyclic) bond motifs is 1. The van der Waals surface area contributed by atoms with Gasteiger partial charge in [-0.25, -0.2) is 4.98 Å². The van der Waals surface area contributed by atoms with Gasteiger partial charge in [0.2, 0.25) is 5.91 Å². The van der Waals surface area contributed by atoms with Crippen molar-refractivity contribution in [2.24, 2.45) is 11.3 Å². The molecule has 0 unspecified atom stereocenters. The van der Waals surface area contributed by atoms with Crippen LogP contribution in [-0.2, 0) is 24.4 Å². The van der Waals surface area contributed by atoms with Crippen LogP contribution in [0.1, 0.15) is 47.4 Å². The zero-order chi connectivity index (χ0) is 18.4. The van der Waals surface area contributed by atoms with E-state index >= 15 is 0 Å². The lowest BCUT2D eigenvalue weighted by molar-refractivity contribution is -0.177. The minimum absolute atomic E-state index is 0.0738. The van der Waals surface area contributed by atoms with Crippen molar-refractivity contribution in [2.45, 2.75) is 45.3 Å². The maximum absolute atomic E-state index is 13.0. The summed E-state index contributed by atoms with van der Waals surface area (Å²) in [5, 5.41) is 2.96. The second kappa shape index (κ2) is 6.22. The molecule has 0 atom stereocenters. The Kier molecular flexibility index (Phi) is 3.81. The molecule has 6 heteroatoms. The van der Waals surface area contributed by atoms with E-state index in [0.717, 1.165) is 55.9 Å². The maximum Gasteiger partial charge on any atom is 0.272 e. The van der Waals surface area contributed by atoms with E-state index in [0.29, 0.717) is 18.8 Å². The van der Waals surface area contributed by atoms with Gasteiger partial charge in [0.25, 0.3) is 5.91 Å². The highest BCUT2D eigenvalue weighted by atomic mass is 16.2. The second-order valence-electron chi connectivity index (χ2n) is 8.24. The molecule has 1 aliphatic heterocycles. The summed E-state index contributed by atoms with van der Waals surface area (Å²) in [6.45, 7) is 2.52. The predicted molar refractivity (Wildman–Crippen MR) is 99.6 cm³/mol. The first kappa shape index (κ1) is 16.5. The molecule has 0 radical (unpaired) electrons. The third kappa shape index (κ3) is 2.74. The van der Waals surface area contributed by atoms with Gasteiger partial charge in [-0.1, -0.05) is 30.3 Å². The summed E-state index contributed by atoms with van der Waals surface area (Å²) in [7, 11) is 0. The van der Waals surface area contributed by atoms with Crippen LogP contribution in [0.3, 0.4) is 0 Å². The highest BCUT2D eigenvalue weighted by molar-refractivity contribution is 5.93. The molecule has 6 rings (SSSR count). The van der Waals surface area contributed by atoms with E-state index in [2.05, 4.69) is 10.3 Å². The van der Waals surface area contributed by atoms with Gasteiger partial charge in [-0.15, -0.1) is 0 Å². The second-order valence-corrected chi connectivity index (χ2v) is 8.24. The Morgan fingerprint density at radius 3 is 2.63 bits per heavy atom. The fourth-order valence-electron chi connectivity index (χ4n) is 4.76. The van der Waals surface area contributed by atoms with Gasteiger partial charge in [-0.2, -0.15) is 0 Å². The molecule has 27 heavy (non-hydrogen) atoms. The van der Waals surface area contributed by atoms with Crippen molar-refractivity contribution in [3.63, 3.8) is 0 Å². The van der Waals surface area contributed by atoms with Gasteiger partial charge >= 0.3 is 0 Å². The van der Waals surface area contributed by atoms with Crippen molar-refractivity contribution in [1.29, 1.82) is 0 Å². The lowest BCUT2D eigenvalue weighted by Gasteiger charge is -2.61. The molecule has 3 saturated carbocycles. The third-order valence-corrected chi connectivity index (χ3v) is 6.40. The first-order valence-corrected chi connectivity index (χ1v) is 9.80. The highest BCUT2D eigenvalue weighted by Gasteiger charge is 2.62. The number of hydrogen-bond acceptors (Lipinski definition) is 3. The fourth-order valence-corrected chi connectivity index (χ4v) is 4.76. The van der Waals surface area contributed by atoms with Crippen molar-refractivity contribution < 1.29 is 9.59 Å². The molecular weight excluding hydrogens is 340 g/mol. The summed E-state index contributed by atoms with van der Waals surface area (Å²) < 4.78 is 2.03. The van der Waals surface area contributed by atoms with E-state index < -0.39 is 0 Å². The SMILES string of the molecule is O=C(NCc1ccccc1)c1ncn2c1CN(C(=O)C13CC(C1)C3)CCC2. The van der Waals surface area contributed by atoms with Crippen molar-refractivity contribution in [1.82, 2.24) is 19.8 Å². The molecule has 1 N–H and O–H groups in total. The predicted octanol–water partition coefficient (Wildman–Crippen LogP) is 2.35. The van der Waals surface area contributed by atoms with E-state index in [9.17, 15) is 9.59 Å². The van der Waals surface area contributed by atoms with E-state index in [1.807, 2.05) is 39.8 Å². The number of aryl methyl sites for hydroxylation is 1. The molecule has 2 amide bonds. The number of imidazole rings is 1. The molecule has 0 saturated heterocycles. The number of carbonyl (C=O) groups excluding carboxylic acids is 2. The Labute approximate surface area is 158 Å². The first-order valence-electron chi connectivity index (χ1n) is 9.80.